The second-order valence-corrected chi connectivity index (χ2v) is 6.51. The van der Waals surface area contributed by atoms with E-state index in [-0.39, 0.29) is 11.9 Å². The molecule has 0 spiro atoms. The topological polar surface area (TPSA) is 32.8 Å². The van der Waals surface area contributed by atoms with Crippen LogP contribution in [0.1, 0.15) is 6.42 Å². The Kier molecular flexibility index (Phi) is 5.33. The molecule has 2 unspecified atom stereocenters. The summed E-state index contributed by atoms with van der Waals surface area (Å²) in [5, 5.41) is 0. The van der Waals surface area contributed by atoms with Gasteiger partial charge in [-0.05, 0) is 30.9 Å². The molecule has 0 aromatic heterocycles. The van der Waals surface area contributed by atoms with Gasteiger partial charge in [-0.25, -0.2) is 0 Å². The van der Waals surface area contributed by atoms with E-state index in [9.17, 15) is 4.79 Å². The molecule has 18 heavy (non-hydrogen) atoms. The average molecular weight is 272 g/mol. The molecule has 2 aliphatic heterocycles. The van der Waals surface area contributed by atoms with Crippen molar-refractivity contribution >= 4 is 17.7 Å². The lowest BCUT2D eigenvalue weighted by Gasteiger charge is -2.35. The van der Waals surface area contributed by atoms with Crippen LogP contribution >= 0.6 is 11.8 Å². The third-order valence-electron chi connectivity index (χ3n) is 4.09. The maximum absolute atomic E-state index is 12.0. The van der Waals surface area contributed by atoms with Gasteiger partial charge in [0.05, 0.1) is 13.0 Å². The molecule has 2 atom stereocenters. The number of hydrogen-bond donors (Lipinski definition) is 0. The van der Waals surface area contributed by atoms with Gasteiger partial charge in [-0.3, -0.25) is 9.69 Å². The molecule has 0 aromatic rings. The minimum atomic E-state index is -0.0126. The highest BCUT2D eigenvalue weighted by Gasteiger charge is 2.33. The van der Waals surface area contributed by atoms with Crippen LogP contribution < -0.4 is 0 Å². The molecule has 0 radical (unpaired) electrons. The molecule has 2 fully saturated rings. The lowest BCUT2D eigenvalue weighted by molar-refractivity contribution is -0.148. The summed E-state index contributed by atoms with van der Waals surface area (Å²) < 4.78 is 5.00. The number of thioether (sulfide) groups is 1. The number of rotatable bonds is 4. The molecule has 0 aromatic carbocycles. The molecule has 2 aliphatic rings. The predicted molar refractivity (Wildman–Crippen MR) is 74.9 cm³/mol. The fourth-order valence-electron chi connectivity index (χ4n) is 2.75. The van der Waals surface area contributed by atoms with Gasteiger partial charge >= 0.3 is 5.97 Å². The Morgan fingerprint density at radius 1 is 1.39 bits per heavy atom. The van der Waals surface area contributed by atoms with Gasteiger partial charge in [0.25, 0.3) is 0 Å². The Balaban J connectivity index is 1.90. The summed E-state index contributed by atoms with van der Waals surface area (Å²) >= 11 is 1.97. The molecule has 104 valence electrons. The van der Waals surface area contributed by atoms with Crippen molar-refractivity contribution in [1.29, 1.82) is 0 Å². The molecule has 5 heteroatoms. The molecule has 0 N–H and O–H groups in total. The summed E-state index contributed by atoms with van der Waals surface area (Å²) in [6.07, 6.45) is 1.16. The van der Waals surface area contributed by atoms with Crippen molar-refractivity contribution in [2.45, 2.75) is 6.42 Å². The Bertz CT molecular complexity index is 274. The number of carbonyl (C=O) groups is 1. The monoisotopic (exact) mass is 272 g/mol. The standard InChI is InChI=1S/C13H24N2O2S/c1-14-4-6-15(7-5-14)9-12(13(16)17-2)11-3-8-18-10-11/h11-12H,3-10H2,1-2H3. The summed E-state index contributed by atoms with van der Waals surface area (Å²) in [7, 11) is 3.67. The van der Waals surface area contributed by atoms with E-state index in [1.54, 1.807) is 0 Å². The van der Waals surface area contributed by atoms with Crippen molar-refractivity contribution in [3.63, 3.8) is 0 Å². The first-order valence-electron chi connectivity index (χ1n) is 6.77. The molecule has 2 heterocycles. The van der Waals surface area contributed by atoms with E-state index in [2.05, 4.69) is 16.8 Å². The molecular weight excluding hydrogens is 248 g/mol. The van der Waals surface area contributed by atoms with Gasteiger partial charge in [-0.2, -0.15) is 11.8 Å². The third-order valence-corrected chi connectivity index (χ3v) is 5.28. The maximum Gasteiger partial charge on any atom is 0.310 e. The highest BCUT2D eigenvalue weighted by molar-refractivity contribution is 7.99. The molecule has 0 amide bonds. The van der Waals surface area contributed by atoms with Gasteiger partial charge in [0.1, 0.15) is 0 Å². The lowest BCUT2D eigenvalue weighted by Crippen LogP contribution is -2.48. The SMILES string of the molecule is COC(=O)C(CN1CCN(C)CC1)C1CCSC1. The summed E-state index contributed by atoms with van der Waals surface area (Å²) in [4.78, 5) is 16.7. The quantitative estimate of drug-likeness (QED) is 0.706. The molecule has 4 nitrogen and oxygen atoms in total. The van der Waals surface area contributed by atoms with Gasteiger partial charge in [-0.1, -0.05) is 0 Å². The first-order chi connectivity index (χ1) is 8.70. The number of hydrogen-bond acceptors (Lipinski definition) is 5. The van der Waals surface area contributed by atoms with Crippen LogP contribution in [0.25, 0.3) is 0 Å². The zero-order valence-electron chi connectivity index (χ0n) is 11.4. The third kappa shape index (κ3) is 3.62. The first-order valence-corrected chi connectivity index (χ1v) is 7.92. The Morgan fingerprint density at radius 3 is 2.67 bits per heavy atom. The number of methoxy groups -OCH3 is 1. The number of nitrogens with zero attached hydrogens (tertiary/aromatic N) is 2. The smallest absolute Gasteiger partial charge is 0.310 e. The van der Waals surface area contributed by atoms with Crippen LogP contribution in [0.4, 0.5) is 0 Å². The van der Waals surface area contributed by atoms with E-state index < -0.39 is 0 Å². The first kappa shape index (κ1) is 14.2. The molecular formula is C13H24N2O2S. The fourth-order valence-corrected chi connectivity index (χ4v) is 4.08. The Labute approximate surface area is 114 Å². The largest absolute Gasteiger partial charge is 0.469 e. The second-order valence-electron chi connectivity index (χ2n) is 5.36. The number of likely N-dealkylation sites (N-methyl/N-ethyl adjacent to an activating group) is 1. The van der Waals surface area contributed by atoms with Crippen molar-refractivity contribution in [2.24, 2.45) is 11.8 Å². The van der Waals surface area contributed by atoms with Gasteiger partial charge < -0.3 is 9.64 Å². The van der Waals surface area contributed by atoms with Crippen molar-refractivity contribution in [3.8, 4) is 0 Å². The zero-order chi connectivity index (χ0) is 13.0. The minimum Gasteiger partial charge on any atom is -0.469 e. The van der Waals surface area contributed by atoms with Crippen LogP contribution in [0.15, 0.2) is 0 Å². The summed E-state index contributed by atoms with van der Waals surface area (Å²) in [6, 6.07) is 0. The summed E-state index contributed by atoms with van der Waals surface area (Å²) in [5.74, 6) is 2.89. The van der Waals surface area contributed by atoms with Gasteiger partial charge in [0, 0.05) is 32.7 Å². The second kappa shape index (κ2) is 6.78. The fraction of sp³-hybridized carbons (Fsp3) is 0.923. The molecule has 2 saturated heterocycles. The van der Waals surface area contributed by atoms with Crippen LogP contribution in [0, 0.1) is 11.8 Å². The van der Waals surface area contributed by atoms with Gasteiger partial charge in [0.2, 0.25) is 0 Å². The molecule has 0 saturated carbocycles. The van der Waals surface area contributed by atoms with E-state index in [1.807, 2.05) is 11.8 Å². The van der Waals surface area contributed by atoms with Crippen molar-refractivity contribution in [2.75, 3.05) is 58.4 Å². The van der Waals surface area contributed by atoms with E-state index in [0.717, 1.165) is 44.9 Å². The van der Waals surface area contributed by atoms with Gasteiger partial charge in [-0.15, -0.1) is 0 Å². The van der Waals surface area contributed by atoms with Crippen molar-refractivity contribution < 1.29 is 9.53 Å². The summed E-state index contributed by atoms with van der Waals surface area (Å²) in [5.41, 5.74) is 0. The summed E-state index contributed by atoms with van der Waals surface area (Å²) in [6.45, 7) is 5.24. The Morgan fingerprint density at radius 2 is 2.11 bits per heavy atom. The number of esters is 1. The van der Waals surface area contributed by atoms with Crippen LogP contribution in [0.2, 0.25) is 0 Å². The van der Waals surface area contributed by atoms with Crippen LogP contribution in [0.3, 0.4) is 0 Å². The minimum absolute atomic E-state index is 0.0126. The number of carbonyl (C=O) groups excluding carboxylic acids is 1. The normalized spacial score (nSPS) is 28.2. The highest BCUT2D eigenvalue weighted by Crippen LogP contribution is 2.31. The van der Waals surface area contributed by atoms with Crippen molar-refractivity contribution in [1.82, 2.24) is 9.80 Å². The van der Waals surface area contributed by atoms with E-state index in [0.29, 0.717) is 5.92 Å². The maximum atomic E-state index is 12.0. The highest BCUT2D eigenvalue weighted by atomic mass is 32.2. The Hall–Kier alpha value is -0.260. The number of ether oxygens (including phenoxy) is 1. The molecule has 0 bridgehead atoms. The average Bonchev–Trinajstić information content (AvgIpc) is 2.91. The van der Waals surface area contributed by atoms with E-state index in [4.69, 9.17) is 4.74 Å². The predicted octanol–water partition coefficient (Wildman–Crippen LogP) is 0.776. The zero-order valence-corrected chi connectivity index (χ0v) is 12.2. The van der Waals surface area contributed by atoms with Crippen LogP contribution in [-0.2, 0) is 9.53 Å². The molecule has 0 aliphatic carbocycles. The van der Waals surface area contributed by atoms with E-state index >= 15 is 0 Å². The number of piperazine rings is 1. The van der Waals surface area contributed by atoms with Crippen molar-refractivity contribution in [3.05, 3.63) is 0 Å². The van der Waals surface area contributed by atoms with Gasteiger partial charge in [0.15, 0.2) is 0 Å². The molecule has 2 rings (SSSR count). The van der Waals surface area contributed by atoms with Crippen LogP contribution in [0.5, 0.6) is 0 Å². The lowest BCUT2D eigenvalue weighted by atomic mass is 9.91. The van der Waals surface area contributed by atoms with Crippen LogP contribution in [-0.4, -0.2) is 74.2 Å². The van der Waals surface area contributed by atoms with E-state index in [1.165, 1.54) is 12.9 Å².